The van der Waals surface area contributed by atoms with E-state index in [9.17, 15) is 40.0 Å². The Morgan fingerprint density at radius 3 is 1.38 bits per heavy atom. The molecule has 0 aliphatic rings. The lowest BCUT2D eigenvalue weighted by atomic mass is 9.86. The van der Waals surface area contributed by atoms with Gasteiger partial charge in [0.25, 0.3) is 11.4 Å². The number of rotatable bonds is 4. The smallest absolute Gasteiger partial charge is 0.336 e. The van der Waals surface area contributed by atoms with E-state index >= 15 is 0 Å². The lowest BCUT2D eigenvalue weighted by Crippen LogP contribution is -2.05. The number of non-ortho nitro benzene ring substituents is 2. The Morgan fingerprint density at radius 2 is 1.06 bits per heavy atom. The number of aromatic carboxylic acids is 2. The molecule has 0 aromatic heterocycles. The zero-order chi connectivity index (χ0) is 23.5. The van der Waals surface area contributed by atoms with Crippen molar-refractivity contribution in [2.45, 2.75) is 13.8 Å². The van der Waals surface area contributed by atoms with Gasteiger partial charge in [-0.25, -0.2) is 9.59 Å². The van der Waals surface area contributed by atoms with E-state index in [4.69, 9.17) is 0 Å². The van der Waals surface area contributed by atoms with Crippen LogP contribution in [0.15, 0.2) is 36.4 Å². The summed E-state index contributed by atoms with van der Waals surface area (Å²) < 4.78 is 0. The molecule has 0 amide bonds. The fourth-order valence-electron chi connectivity index (χ4n) is 4.28. The number of benzene rings is 4. The normalized spacial score (nSPS) is 11.2. The molecule has 32 heavy (non-hydrogen) atoms. The summed E-state index contributed by atoms with van der Waals surface area (Å²) in [7, 11) is 0. The van der Waals surface area contributed by atoms with Crippen LogP contribution in [-0.4, -0.2) is 32.0 Å². The molecule has 0 aliphatic carbocycles. The van der Waals surface area contributed by atoms with Gasteiger partial charge in [0.1, 0.15) is 0 Å². The maximum atomic E-state index is 12.0. The topological polar surface area (TPSA) is 161 Å². The third-order valence-electron chi connectivity index (χ3n) is 5.56. The minimum Gasteiger partial charge on any atom is -0.478 e. The molecule has 0 bridgehead atoms. The second kappa shape index (κ2) is 6.98. The quantitative estimate of drug-likeness (QED) is 0.258. The van der Waals surface area contributed by atoms with Crippen LogP contribution >= 0.6 is 0 Å². The first-order chi connectivity index (χ1) is 15.0. The van der Waals surface area contributed by atoms with Crippen molar-refractivity contribution in [3.8, 4) is 0 Å². The van der Waals surface area contributed by atoms with E-state index in [2.05, 4.69) is 0 Å². The molecular weight excluding hydrogens is 420 g/mol. The molecule has 160 valence electrons. The van der Waals surface area contributed by atoms with Crippen LogP contribution in [0.5, 0.6) is 0 Å². The highest BCUT2D eigenvalue weighted by Gasteiger charge is 2.28. The van der Waals surface area contributed by atoms with Crippen LogP contribution in [0.4, 0.5) is 11.4 Å². The summed E-state index contributed by atoms with van der Waals surface area (Å²) in [4.78, 5) is 46.0. The monoisotopic (exact) mass is 434 g/mol. The van der Waals surface area contributed by atoms with Crippen molar-refractivity contribution in [2.24, 2.45) is 0 Å². The molecule has 0 saturated heterocycles. The van der Waals surface area contributed by atoms with Crippen LogP contribution < -0.4 is 0 Å². The maximum Gasteiger partial charge on any atom is 0.336 e. The van der Waals surface area contributed by atoms with Gasteiger partial charge in [0, 0.05) is 22.9 Å². The Morgan fingerprint density at radius 1 is 0.688 bits per heavy atom. The number of hydrogen-bond acceptors (Lipinski definition) is 6. The molecule has 4 aromatic carbocycles. The summed E-state index contributed by atoms with van der Waals surface area (Å²) in [6.45, 7) is 3.28. The largest absolute Gasteiger partial charge is 0.478 e. The molecule has 0 saturated carbocycles. The zero-order valence-electron chi connectivity index (χ0n) is 16.7. The van der Waals surface area contributed by atoms with Crippen molar-refractivity contribution in [1.29, 1.82) is 0 Å². The maximum absolute atomic E-state index is 12.0. The van der Waals surface area contributed by atoms with Gasteiger partial charge in [0.05, 0.1) is 31.7 Å². The lowest BCUT2D eigenvalue weighted by Gasteiger charge is -2.16. The Hall–Kier alpha value is -4.60. The first-order valence-corrected chi connectivity index (χ1v) is 9.26. The molecule has 0 aliphatic heterocycles. The molecule has 10 heteroatoms. The third-order valence-corrected chi connectivity index (χ3v) is 5.56. The molecule has 10 nitrogen and oxygen atoms in total. The fourth-order valence-corrected chi connectivity index (χ4v) is 4.28. The van der Waals surface area contributed by atoms with Crippen LogP contribution in [0.2, 0.25) is 0 Å². The van der Waals surface area contributed by atoms with E-state index in [1.165, 1.54) is 36.4 Å². The van der Waals surface area contributed by atoms with Gasteiger partial charge < -0.3 is 10.2 Å². The number of nitro groups is 2. The summed E-state index contributed by atoms with van der Waals surface area (Å²) in [6, 6.07) is 7.70. The molecule has 0 atom stereocenters. The Balaban J connectivity index is 2.49. The van der Waals surface area contributed by atoms with E-state index in [-0.39, 0.29) is 38.1 Å². The molecule has 0 heterocycles. The van der Waals surface area contributed by atoms with Gasteiger partial charge >= 0.3 is 11.9 Å². The predicted molar refractivity (Wildman–Crippen MR) is 116 cm³/mol. The second-order valence-electron chi connectivity index (χ2n) is 7.37. The van der Waals surface area contributed by atoms with Crippen LogP contribution in [0, 0.1) is 34.1 Å². The fraction of sp³-hybridized carbons (Fsp3) is 0.0909. The minimum atomic E-state index is -1.42. The third kappa shape index (κ3) is 2.81. The minimum absolute atomic E-state index is 0.120. The summed E-state index contributed by atoms with van der Waals surface area (Å²) >= 11 is 0. The van der Waals surface area contributed by atoms with E-state index in [0.717, 1.165) is 0 Å². The van der Waals surface area contributed by atoms with E-state index in [0.29, 0.717) is 16.5 Å². The van der Waals surface area contributed by atoms with Crippen LogP contribution in [0.1, 0.15) is 31.8 Å². The van der Waals surface area contributed by atoms with Gasteiger partial charge in [0.15, 0.2) is 0 Å². The first kappa shape index (κ1) is 20.7. The number of carbonyl (C=O) groups is 2. The Kier molecular flexibility index (Phi) is 4.51. The molecular formula is C22H14N2O8. The number of hydrogen-bond donors (Lipinski definition) is 2. The van der Waals surface area contributed by atoms with Crippen molar-refractivity contribution < 1.29 is 29.6 Å². The van der Waals surface area contributed by atoms with Crippen molar-refractivity contribution in [2.75, 3.05) is 0 Å². The number of nitrogens with zero attached hydrogens (tertiary/aromatic N) is 2. The van der Waals surface area contributed by atoms with Crippen molar-refractivity contribution in [3.63, 3.8) is 0 Å². The number of aryl methyl sites for hydroxylation is 2. The van der Waals surface area contributed by atoms with Gasteiger partial charge in [-0.05, 0) is 47.9 Å². The summed E-state index contributed by atoms with van der Waals surface area (Å²) in [6.07, 6.45) is 0. The van der Waals surface area contributed by atoms with Gasteiger partial charge in [-0.1, -0.05) is 12.1 Å². The standard InChI is InChI=1S/C22H14N2O8/c1-9-3-5-14(23(29)30)19-12(21(25)26)7-11-8-13(22(27)28)20-15(24(31)32)6-4-10(2)17(20)18(11)16(9)19/h3-8H,1-2H3,(H,25,26)(H,27,28). The van der Waals surface area contributed by atoms with E-state index < -0.39 is 33.2 Å². The second-order valence-corrected chi connectivity index (χ2v) is 7.37. The van der Waals surface area contributed by atoms with Gasteiger partial charge in [0.2, 0.25) is 0 Å². The van der Waals surface area contributed by atoms with Gasteiger partial charge in [-0.2, -0.15) is 0 Å². The van der Waals surface area contributed by atoms with Crippen LogP contribution in [0.3, 0.4) is 0 Å². The highest BCUT2D eigenvalue weighted by Crippen LogP contribution is 2.44. The van der Waals surface area contributed by atoms with Crippen LogP contribution in [-0.2, 0) is 0 Å². The average molecular weight is 434 g/mol. The molecule has 0 unspecified atom stereocenters. The number of carboxylic acid groups (broad SMARTS) is 2. The summed E-state index contributed by atoms with van der Waals surface area (Å²) in [5.74, 6) is -2.84. The van der Waals surface area contributed by atoms with Crippen molar-refractivity contribution in [3.05, 3.63) is 78.9 Å². The molecule has 0 fully saturated rings. The number of nitro benzene ring substituents is 2. The highest BCUT2D eigenvalue weighted by molar-refractivity contribution is 6.30. The first-order valence-electron chi connectivity index (χ1n) is 9.26. The Labute approximate surface area is 178 Å². The molecule has 0 spiro atoms. The van der Waals surface area contributed by atoms with Crippen molar-refractivity contribution in [1.82, 2.24) is 0 Å². The SMILES string of the molecule is Cc1ccc([N+](=O)[O-])c2c(C(=O)O)cc3cc(C(=O)O)c4c([N+](=O)[O-])ccc(C)c4c3c12. The molecule has 0 radical (unpaired) electrons. The van der Waals surface area contributed by atoms with Crippen molar-refractivity contribution >= 4 is 55.6 Å². The molecule has 4 aromatic rings. The zero-order valence-corrected chi connectivity index (χ0v) is 16.7. The number of fused-ring (bicyclic) bond motifs is 5. The van der Waals surface area contributed by atoms with Gasteiger partial charge in [-0.3, -0.25) is 20.2 Å². The van der Waals surface area contributed by atoms with E-state index in [1.54, 1.807) is 13.8 Å². The number of carboxylic acids is 2. The molecule has 2 N–H and O–H groups in total. The van der Waals surface area contributed by atoms with Gasteiger partial charge in [-0.15, -0.1) is 0 Å². The average Bonchev–Trinajstić information content (AvgIpc) is 2.71. The summed E-state index contributed by atoms with van der Waals surface area (Å²) in [5, 5.41) is 43.7. The van der Waals surface area contributed by atoms with Crippen LogP contribution in [0.25, 0.3) is 32.3 Å². The molecule has 4 rings (SSSR count). The highest BCUT2D eigenvalue weighted by atomic mass is 16.6. The predicted octanol–water partition coefficient (Wildman–Crippen LogP) is 4.98. The van der Waals surface area contributed by atoms with E-state index in [1.807, 2.05) is 0 Å². The lowest BCUT2D eigenvalue weighted by molar-refractivity contribution is -0.383. The Bertz CT molecular complexity index is 1440. The summed E-state index contributed by atoms with van der Waals surface area (Å²) in [5.41, 5.74) is -0.557.